The SMILES string of the molecule is C.C1CO1.CCC.CCC.CCC.CCC1CO1.[H+]. The fraction of sp³-hybridized carbons (Fsp3) is 1.00. The number of hydrogen-bond acceptors (Lipinski definition) is 2. The lowest BCUT2D eigenvalue weighted by atomic mass is 10.4. The molecule has 18 heavy (non-hydrogen) atoms. The van der Waals surface area contributed by atoms with Crippen LogP contribution in [0.5, 0.6) is 0 Å². The highest BCUT2D eigenvalue weighted by atomic mass is 16.6. The average molecular weight is 266 g/mol. The topological polar surface area (TPSA) is 25.1 Å². The van der Waals surface area contributed by atoms with Crippen molar-refractivity contribution in [1.29, 1.82) is 0 Å². The predicted molar refractivity (Wildman–Crippen MR) is 86.6 cm³/mol. The summed E-state index contributed by atoms with van der Waals surface area (Å²) in [5, 5.41) is 0. The van der Waals surface area contributed by atoms with Crippen molar-refractivity contribution in [1.82, 2.24) is 0 Å². The van der Waals surface area contributed by atoms with Crippen molar-refractivity contribution in [3.8, 4) is 0 Å². The van der Waals surface area contributed by atoms with Crippen LogP contribution < -0.4 is 0 Å². The van der Waals surface area contributed by atoms with E-state index in [-0.39, 0.29) is 8.85 Å². The van der Waals surface area contributed by atoms with E-state index < -0.39 is 0 Å². The van der Waals surface area contributed by atoms with Crippen molar-refractivity contribution in [3.05, 3.63) is 0 Å². The molecule has 0 N–H and O–H groups in total. The standard InChI is InChI=1S/C4H8O.3C3H8.C2H4O.CH4/c1-2-4-3-5-4;3*1-3-2;1-2-3-1;/h4H,2-3H2,1H3;3*3H2,1-2H3;1-2H2;1H4/p+1. The maximum Gasteiger partial charge on any atom is 1.00 e. The van der Waals surface area contributed by atoms with Crippen LogP contribution in [-0.2, 0) is 9.47 Å². The van der Waals surface area contributed by atoms with Gasteiger partial charge in [-0.05, 0) is 6.42 Å². The molecule has 2 nitrogen and oxygen atoms in total. The lowest BCUT2D eigenvalue weighted by molar-refractivity contribution is 0.403. The minimum absolute atomic E-state index is 0. The van der Waals surface area contributed by atoms with Gasteiger partial charge in [-0.2, -0.15) is 0 Å². The van der Waals surface area contributed by atoms with Gasteiger partial charge in [0.25, 0.3) is 0 Å². The van der Waals surface area contributed by atoms with Crippen molar-refractivity contribution in [2.45, 2.75) is 87.7 Å². The van der Waals surface area contributed by atoms with Crippen LogP contribution in [0.15, 0.2) is 0 Å². The summed E-state index contributed by atoms with van der Waals surface area (Å²) in [5.41, 5.74) is 0. The lowest BCUT2D eigenvalue weighted by Crippen LogP contribution is -1.73. The first kappa shape index (κ1) is 26.5. The van der Waals surface area contributed by atoms with Crippen molar-refractivity contribution in [3.63, 3.8) is 0 Å². The highest BCUT2D eigenvalue weighted by Crippen LogP contribution is 2.10. The fourth-order valence-electron chi connectivity index (χ4n) is 0.304. The van der Waals surface area contributed by atoms with Crippen molar-refractivity contribution in [2.24, 2.45) is 0 Å². The second kappa shape index (κ2) is 30.2. The zero-order chi connectivity index (χ0) is 13.9. The summed E-state index contributed by atoms with van der Waals surface area (Å²) >= 11 is 0. The Labute approximate surface area is 119 Å². The van der Waals surface area contributed by atoms with Crippen LogP contribution in [-0.4, -0.2) is 25.9 Å². The van der Waals surface area contributed by atoms with Crippen LogP contribution in [0.25, 0.3) is 0 Å². The minimum atomic E-state index is 0. The van der Waals surface area contributed by atoms with Gasteiger partial charge < -0.3 is 9.47 Å². The first-order valence-corrected chi connectivity index (χ1v) is 7.37. The van der Waals surface area contributed by atoms with Crippen molar-refractivity contribution >= 4 is 0 Å². The summed E-state index contributed by atoms with van der Waals surface area (Å²) in [5.74, 6) is 0. The zero-order valence-corrected chi connectivity index (χ0v) is 13.3. The van der Waals surface area contributed by atoms with Gasteiger partial charge in [-0.3, -0.25) is 0 Å². The number of epoxide rings is 2. The van der Waals surface area contributed by atoms with Crippen LogP contribution in [0.2, 0.25) is 0 Å². The molecule has 0 amide bonds. The summed E-state index contributed by atoms with van der Waals surface area (Å²) < 4.78 is 9.36. The maximum absolute atomic E-state index is 4.86. The van der Waals surface area contributed by atoms with Crippen LogP contribution >= 0.6 is 0 Å². The molecule has 1 atom stereocenters. The summed E-state index contributed by atoms with van der Waals surface area (Å²) in [6, 6.07) is 0. The molecular weight excluding hydrogens is 224 g/mol. The molecule has 2 aliphatic rings. The Bertz CT molecular complexity index is 87.2. The highest BCUT2D eigenvalue weighted by molar-refractivity contribution is 4.64. The molecule has 0 aromatic heterocycles. The highest BCUT2D eigenvalue weighted by Gasteiger charge is 2.18. The second-order valence-corrected chi connectivity index (χ2v) is 4.10. The molecule has 0 saturated carbocycles. The molecule has 2 fully saturated rings. The molecule has 2 aliphatic heterocycles. The molecule has 0 aromatic rings. The van der Waals surface area contributed by atoms with Gasteiger partial charge in [-0.25, -0.2) is 0 Å². The summed E-state index contributed by atoms with van der Waals surface area (Å²) in [6.45, 7) is 17.9. The van der Waals surface area contributed by atoms with E-state index in [1.165, 1.54) is 25.7 Å². The smallest absolute Gasteiger partial charge is 0.377 e. The Morgan fingerprint density at radius 2 is 1.06 bits per heavy atom. The van der Waals surface area contributed by atoms with Crippen LogP contribution in [0, 0.1) is 0 Å². The first-order valence-electron chi connectivity index (χ1n) is 7.37. The molecule has 2 heteroatoms. The zero-order valence-electron chi connectivity index (χ0n) is 14.3. The molecule has 0 aliphatic carbocycles. The Morgan fingerprint density at radius 3 is 1.06 bits per heavy atom. The average Bonchev–Trinajstić information content (AvgIpc) is 3.14. The molecule has 2 heterocycles. The van der Waals surface area contributed by atoms with Gasteiger partial charge in [0.05, 0.1) is 25.9 Å². The largest absolute Gasteiger partial charge is 1.00 e. The van der Waals surface area contributed by atoms with Crippen LogP contribution in [0.1, 0.15) is 83.0 Å². The minimum Gasteiger partial charge on any atom is -0.377 e. The molecule has 2 saturated heterocycles. The third kappa shape index (κ3) is 101. The monoisotopic (exact) mass is 265 g/mol. The van der Waals surface area contributed by atoms with Gasteiger partial charge in [-0.1, -0.05) is 75.2 Å². The molecular formula is C16H41O2+. The van der Waals surface area contributed by atoms with Crippen molar-refractivity contribution in [2.75, 3.05) is 19.8 Å². The lowest BCUT2D eigenvalue weighted by Gasteiger charge is -1.69. The van der Waals surface area contributed by atoms with Gasteiger partial charge in [0.15, 0.2) is 0 Å². The van der Waals surface area contributed by atoms with E-state index in [1.54, 1.807) is 0 Å². The van der Waals surface area contributed by atoms with E-state index in [0.29, 0.717) is 6.10 Å². The van der Waals surface area contributed by atoms with E-state index in [0.717, 1.165) is 19.8 Å². The Morgan fingerprint density at radius 1 is 0.833 bits per heavy atom. The normalized spacial score (nSPS) is 16.5. The molecule has 116 valence electrons. The molecule has 0 radical (unpaired) electrons. The fourth-order valence-corrected chi connectivity index (χ4v) is 0.304. The van der Waals surface area contributed by atoms with E-state index in [2.05, 4.69) is 53.2 Å². The summed E-state index contributed by atoms with van der Waals surface area (Å²) in [7, 11) is 0. The van der Waals surface area contributed by atoms with Crippen LogP contribution in [0.4, 0.5) is 0 Å². The number of rotatable bonds is 1. The van der Waals surface area contributed by atoms with Crippen LogP contribution in [0.3, 0.4) is 0 Å². The molecule has 0 aromatic carbocycles. The number of hydrogen-bond donors (Lipinski definition) is 0. The van der Waals surface area contributed by atoms with Gasteiger partial charge in [0.2, 0.25) is 0 Å². The predicted octanol–water partition coefficient (Wildman–Crippen LogP) is 5.81. The third-order valence-electron chi connectivity index (χ3n) is 1.06. The summed E-state index contributed by atoms with van der Waals surface area (Å²) in [4.78, 5) is 0. The Hall–Kier alpha value is -0.0800. The second-order valence-electron chi connectivity index (χ2n) is 4.10. The van der Waals surface area contributed by atoms with E-state index in [4.69, 9.17) is 4.74 Å². The van der Waals surface area contributed by atoms with E-state index >= 15 is 0 Å². The molecule has 2 rings (SSSR count). The van der Waals surface area contributed by atoms with Gasteiger partial charge >= 0.3 is 1.43 Å². The Balaban J connectivity index is -0.0000000429. The first-order chi connectivity index (χ1) is 8.17. The number of ether oxygens (including phenoxy) is 2. The molecule has 0 spiro atoms. The van der Waals surface area contributed by atoms with Gasteiger partial charge in [0.1, 0.15) is 0 Å². The quantitative estimate of drug-likeness (QED) is 0.559. The summed E-state index contributed by atoms with van der Waals surface area (Å²) in [6.07, 6.45) is 5.58. The maximum atomic E-state index is 4.86. The third-order valence-corrected chi connectivity index (χ3v) is 1.06. The van der Waals surface area contributed by atoms with Gasteiger partial charge in [-0.15, -0.1) is 0 Å². The van der Waals surface area contributed by atoms with Gasteiger partial charge in [0, 0.05) is 0 Å². The Kier molecular flexibility index (Phi) is 44.4. The van der Waals surface area contributed by atoms with E-state index in [9.17, 15) is 0 Å². The molecule has 1 unspecified atom stereocenters. The molecule has 0 bridgehead atoms. The van der Waals surface area contributed by atoms with E-state index in [1.807, 2.05) is 0 Å². The van der Waals surface area contributed by atoms with Crippen molar-refractivity contribution < 1.29 is 10.9 Å².